The summed E-state index contributed by atoms with van der Waals surface area (Å²) in [6.07, 6.45) is -1.78. The van der Waals surface area contributed by atoms with Crippen molar-refractivity contribution in [1.29, 1.82) is 0 Å². The number of halogens is 2. The van der Waals surface area contributed by atoms with Crippen molar-refractivity contribution in [3.63, 3.8) is 0 Å². The second-order valence-corrected chi connectivity index (χ2v) is 4.42. The Hall–Kier alpha value is -2.52. The van der Waals surface area contributed by atoms with Gasteiger partial charge in [-0.1, -0.05) is 23.2 Å². The standard InChI is InChI=1S/C10H5Cl2N3O6/c11-4-1-3(2-5(12)6(4)16)15-9(18)13-7(17)8(14-15)21-10(19)20/h1-2,16H,(H,19,20)(H,13,17,18). The van der Waals surface area contributed by atoms with Gasteiger partial charge in [-0.05, 0) is 12.1 Å². The molecule has 0 spiro atoms. The van der Waals surface area contributed by atoms with Crippen LogP contribution in [0.5, 0.6) is 11.6 Å². The summed E-state index contributed by atoms with van der Waals surface area (Å²) >= 11 is 11.4. The van der Waals surface area contributed by atoms with E-state index in [1.54, 1.807) is 0 Å². The number of aromatic amines is 1. The lowest BCUT2D eigenvalue weighted by molar-refractivity contribution is 0.141. The number of H-pyrrole nitrogens is 1. The maximum absolute atomic E-state index is 11.7. The molecule has 0 radical (unpaired) electrons. The topological polar surface area (TPSA) is 135 Å². The number of hydrogen-bond acceptors (Lipinski definition) is 6. The van der Waals surface area contributed by atoms with E-state index < -0.39 is 29.0 Å². The second-order valence-electron chi connectivity index (χ2n) is 3.60. The van der Waals surface area contributed by atoms with Crippen molar-refractivity contribution in [2.45, 2.75) is 0 Å². The van der Waals surface area contributed by atoms with Gasteiger partial charge in [-0.3, -0.25) is 9.78 Å². The fourth-order valence-electron chi connectivity index (χ4n) is 1.38. The van der Waals surface area contributed by atoms with Crippen LogP contribution in [0.15, 0.2) is 21.7 Å². The number of nitrogens with zero attached hydrogens (tertiary/aromatic N) is 2. The average molecular weight is 334 g/mol. The van der Waals surface area contributed by atoms with Crippen molar-refractivity contribution in [2.75, 3.05) is 0 Å². The minimum absolute atomic E-state index is 0.0145. The molecule has 0 saturated heterocycles. The fourth-order valence-corrected chi connectivity index (χ4v) is 1.86. The molecule has 1 heterocycles. The van der Waals surface area contributed by atoms with Gasteiger partial charge in [0.15, 0.2) is 5.75 Å². The molecule has 3 N–H and O–H groups in total. The first kappa shape index (κ1) is 14.9. The summed E-state index contributed by atoms with van der Waals surface area (Å²) in [6, 6.07) is 2.28. The first-order chi connectivity index (χ1) is 9.79. The molecule has 2 rings (SSSR count). The van der Waals surface area contributed by atoms with Crippen LogP contribution in [0, 0.1) is 0 Å². The van der Waals surface area contributed by atoms with Gasteiger partial charge in [0.1, 0.15) is 0 Å². The smallest absolute Gasteiger partial charge is 0.505 e. The van der Waals surface area contributed by atoms with Crippen LogP contribution in [0.25, 0.3) is 5.69 Å². The Kier molecular flexibility index (Phi) is 3.87. The minimum atomic E-state index is -1.78. The molecule has 2 aromatic rings. The molecule has 0 aliphatic carbocycles. The summed E-state index contributed by atoms with van der Waals surface area (Å²) in [5.41, 5.74) is -2.11. The van der Waals surface area contributed by atoms with Crippen LogP contribution in [-0.4, -0.2) is 31.1 Å². The monoisotopic (exact) mass is 333 g/mol. The van der Waals surface area contributed by atoms with Gasteiger partial charge in [0.05, 0.1) is 15.7 Å². The zero-order valence-electron chi connectivity index (χ0n) is 9.83. The summed E-state index contributed by atoms with van der Waals surface area (Å²) in [5.74, 6) is -1.26. The lowest BCUT2D eigenvalue weighted by Crippen LogP contribution is -2.33. The van der Waals surface area contributed by atoms with Crippen LogP contribution >= 0.6 is 23.2 Å². The molecule has 0 bridgehead atoms. The largest absolute Gasteiger partial charge is 0.512 e. The number of aromatic hydroxyl groups is 1. The first-order valence-electron chi connectivity index (χ1n) is 5.12. The Bertz CT molecular complexity index is 820. The number of phenolic OH excluding ortho intramolecular Hbond substituents is 1. The highest BCUT2D eigenvalue weighted by Gasteiger charge is 2.15. The van der Waals surface area contributed by atoms with Crippen molar-refractivity contribution in [1.82, 2.24) is 14.8 Å². The lowest BCUT2D eigenvalue weighted by atomic mass is 10.3. The highest BCUT2D eigenvalue weighted by Crippen LogP contribution is 2.33. The quantitative estimate of drug-likeness (QED) is 0.697. The molecular formula is C10H5Cl2N3O6. The van der Waals surface area contributed by atoms with Crippen LogP contribution in [0.2, 0.25) is 10.0 Å². The van der Waals surface area contributed by atoms with Crippen molar-refractivity contribution < 1.29 is 19.7 Å². The van der Waals surface area contributed by atoms with E-state index in [0.717, 1.165) is 12.1 Å². The van der Waals surface area contributed by atoms with Crippen molar-refractivity contribution in [3.05, 3.63) is 43.0 Å². The van der Waals surface area contributed by atoms with Gasteiger partial charge in [-0.25, -0.2) is 9.59 Å². The SMILES string of the molecule is O=C(O)Oc1nn(-c2cc(Cl)c(O)c(Cl)c2)c(=O)[nH]c1=O. The highest BCUT2D eigenvalue weighted by atomic mass is 35.5. The first-order valence-corrected chi connectivity index (χ1v) is 5.88. The molecule has 1 aromatic heterocycles. The van der Waals surface area contributed by atoms with Crippen molar-refractivity contribution in [3.8, 4) is 17.3 Å². The number of hydrogen-bond donors (Lipinski definition) is 3. The third kappa shape index (κ3) is 2.98. The van der Waals surface area contributed by atoms with Gasteiger partial charge in [0, 0.05) is 0 Å². The van der Waals surface area contributed by atoms with Crippen LogP contribution in [0.3, 0.4) is 0 Å². The minimum Gasteiger partial charge on any atom is -0.505 e. The number of ether oxygens (including phenoxy) is 1. The maximum atomic E-state index is 11.7. The summed E-state index contributed by atoms with van der Waals surface area (Å²) in [6.45, 7) is 0. The third-order valence-electron chi connectivity index (χ3n) is 2.23. The summed E-state index contributed by atoms with van der Waals surface area (Å²) in [5, 5.41) is 21.0. The highest BCUT2D eigenvalue weighted by molar-refractivity contribution is 6.37. The van der Waals surface area contributed by atoms with Gasteiger partial charge in [-0.2, -0.15) is 4.68 Å². The molecule has 1 aromatic carbocycles. The number of phenols is 1. The maximum Gasteiger partial charge on any atom is 0.512 e. The molecule has 110 valence electrons. The Morgan fingerprint density at radius 3 is 2.38 bits per heavy atom. The van der Waals surface area contributed by atoms with E-state index in [1.807, 2.05) is 4.98 Å². The molecule has 0 fully saturated rings. The number of rotatable bonds is 2. The Morgan fingerprint density at radius 2 is 1.86 bits per heavy atom. The molecule has 0 unspecified atom stereocenters. The van der Waals surface area contributed by atoms with Gasteiger partial charge in [0.25, 0.3) is 0 Å². The van der Waals surface area contributed by atoms with E-state index in [2.05, 4.69) is 9.84 Å². The second kappa shape index (κ2) is 5.46. The molecule has 0 aliphatic heterocycles. The molecule has 0 amide bonds. The summed E-state index contributed by atoms with van der Waals surface area (Å²) in [4.78, 5) is 35.3. The summed E-state index contributed by atoms with van der Waals surface area (Å²) < 4.78 is 4.74. The van der Waals surface area contributed by atoms with Crippen LogP contribution in [-0.2, 0) is 0 Å². The van der Waals surface area contributed by atoms with Gasteiger partial charge < -0.3 is 14.9 Å². The van der Waals surface area contributed by atoms with Crippen LogP contribution in [0.1, 0.15) is 0 Å². The zero-order valence-corrected chi connectivity index (χ0v) is 11.3. The number of carboxylic acid groups (broad SMARTS) is 1. The third-order valence-corrected chi connectivity index (χ3v) is 2.80. The number of aromatic nitrogens is 3. The summed E-state index contributed by atoms with van der Waals surface area (Å²) in [7, 11) is 0. The predicted octanol–water partition coefficient (Wildman–Crippen LogP) is 0.990. The fraction of sp³-hybridized carbons (Fsp3) is 0. The predicted molar refractivity (Wildman–Crippen MR) is 70.8 cm³/mol. The van der Waals surface area contributed by atoms with Crippen LogP contribution < -0.4 is 16.0 Å². The molecule has 0 aliphatic rings. The van der Waals surface area contributed by atoms with E-state index in [1.165, 1.54) is 0 Å². The van der Waals surface area contributed by atoms with E-state index in [4.69, 9.17) is 28.3 Å². The number of benzene rings is 1. The van der Waals surface area contributed by atoms with E-state index >= 15 is 0 Å². The van der Waals surface area contributed by atoms with Gasteiger partial charge in [-0.15, -0.1) is 5.10 Å². The van der Waals surface area contributed by atoms with Crippen molar-refractivity contribution in [2.24, 2.45) is 0 Å². The van der Waals surface area contributed by atoms with Gasteiger partial charge >= 0.3 is 23.3 Å². The Morgan fingerprint density at radius 1 is 1.29 bits per heavy atom. The molecule has 0 atom stereocenters. The van der Waals surface area contributed by atoms with E-state index in [-0.39, 0.29) is 15.7 Å². The average Bonchev–Trinajstić information content (AvgIpc) is 2.38. The molecule has 21 heavy (non-hydrogen) atoms. The van der Waals surface area contributed by atoms with Crippen molar-refractivity contribution >= 4 is 29.4 Å². The zero-order chi connectivity index (χ0) is 15.7. The number of nitrogens with one attached hydrogen (secondary N) is 1. The molecular weight excluding hydrogens is 329 g/mol. The van der Waals surface area contributed by atoms with Gasteiger partial charge in [0.2, 0.25) is 0 Å². The normalized spacial score (nSPS) is 10.4. The Labute approximate surface area is 124 Å². The van der Waals surface area contributed by atoms with E-state index in [9.17, 15) is 19.5 Å². The lowest BCUT2D eigenvalue weighted by Gasteiger charge is -2.07. The molecule has 9 nitrogen and oxygen atoms in total. The number of carbonyl (C=O) groups is 1. The molecule has 11 heteroatoms. The van der Waals surface area contributed by atoms with E-state index in [0.29, 0.717) is 4.68 Å². The molecule has 0 saturated carbocycles. The Balaban J connectivity index is 2.66. The van der Waals surface area contributed by atoms with Crippen LogP contribution in [0.4, 0.5) is 4.79 Å².